The van der Waals surface area contributed by atoms with E-state index in [9.17, 15) is 0 Å². The molecule has 1 aromatic rings. The fourth-order valence-electron chi connectivity index (χ4n) is 1.76. The summed E-state index contributed by atoms with van der Waals surface area (Å²) in [5.74, 6) is 0.973. The molecule has 1 aromatic heterocycles. The van der Waals surface area contributed by atoms with Crippen molar-refractivity contribution in [1.29, 1.82) is 0 Å². The van der Waals surface area contributed by atoms with E-state index in [1.807, 2.05) is 13.2 Å². The van der Waals surface area contributed by atoms with Gasteiger partial charge in [-0.3, -0.25) is 0 Å². The Labute approximate surface area is 80.5 Å². The summed E-state index contributed by atoms with van der Waals surface area (Å²) in [7, 11) is 0. The summed E-state index contributed by atoms with van der Waals surface area (Å²) in [6, 6.07) is 3.11. The van der Waals surface area contributed by atoms with Gasteiger partial charge in [-0.1, -0.05) is 0 Å². The minimum absolute atomic E-state index is 0.511. The Morgan fingerprint density at radius 2 is 1.69 bits per heavy atom. The van der Waals surface area contributed by atoms with Gasteiger partial charge in [0.25, 0.3) is 0 Å². The molecule has 74 valence electrons. The van der Waals surface area contributed by atoms with Crippen molar-refractivity contribution in [2.24, 2.45) is 0 Å². The van der Waals surface area contributed by atoms with E-state index in [-0.39, 0.29) is 0 Å². The summed E-state index contributed by atoms with van der Waals surface area (Å²) < 4.78 is 5.30. The summed E-state index contributed by atoms with van der Waals surface area (Å²) >= 11 is 0. The summed E-state index contributed by atoms with van der Waals surface area (Å²) in [6.07, 6.45) is 1.83. The first-order chi connectivity index (χ1) is 6.02. The molecule has 0 saturated heterocycles. The number of hydrogen-bond acceptors (Lipinski definition) is 2. The molecule has 0 radical (unpaired) electrons. The van der Waals surface area contributed by atoms with Crippen molar-refractivity contribution < 1.29 is 4.42 Å². The molecular weight excluding hydrogens is 162 g/mol. The Kier molecular flexibility index (Phi) is 3.02. The minimum atomic E-state index is 0.511. The van der Waals surface area contributed by atoms with Gasteiger partial charge in [0.05, 0.1) is 5.69 Å². The molecule has 0 aliphatic rings. The average molecular weight is 181 g/mol. The number of aryl methyl sites for hydroxylation is 1. The Bertz CT molecular complexity index is 255. The van der Waals surface area contributed by atoms with Gasteiger partial charge in [0.15, 0.2) is 0 Å². The lowest BCUT2D eigenvalue weighted by atomic mass is 10.2. The minimum Gasteiger partial charge on any atom is -0.467 e. The van der Waals surface area contributed by atoms with Crippen LogP contribution >= 0.6 is 0 Å². The van der Waals surface area contributed by atoms with Gasteiger partial charge in [-0.2, -0.15) is 0 Å². The molecule has 0 atom stereocenters. The molecule has 1 heterocycles. The number of hydrogen-bond donors (Lipinski definition) is 0. The SMILES string of the molecule is Cc1cc(N(C(C)C)C(C)C)co1. The lowest BCUT2D eigenvalue weighted by molar-refractivity contribution is 0.529. The van der Waals surface area contributed by atoms with Crippen LogP contribution in [0.1, 0.15) is 33.5 Å². The molecule has 2 heteroatoms. The van der Waals surface area contributed by atoms with Gasteiger partial charge in [0.1, 0.15) is 12.0 Å². The van der Waals surface area contributed by atoms with Crippen molar-refractivity contribution in [1.82, 2.24) is 0 Å². The molecule has 1 rings (SSSR count). The molecule has 0 fully saturated rings. The van der Waals surface area contributed by atoms with Crippen molar-refractivity contribution in [3.63, 3.8) is 0 Å². The van der Waals surface area contributed by atoms with E-state index < -0.39 is 0 Å². The summed E-state index contributed by atoms with van der Waals surface area (Å²) in [4.78, 5) is 2.34. The van der Waals surface area contributed by atoms with Crippen LogP contribution in [0.25, 0.3) is 0 Å². The lowest BCUT2D eigenvalue weighted by Crippen LogP contribution is -2.36. The second kappa shape index (κ2) is 3.86. The normalized spacial score (nSPS) is 11.3. The van der Waals surface area contributed by atoms with Crippen LogP contribution < -0.4 is 4.90 Å². The highest BCUT2D eigenvalue weighted by molar-refractivity contribution is 5.46. The molecule has 0 aliphatic heterocycles. The molecule has 0 amide bonds. The molecule has 0 saturated carbocycles. The molecule has 0 bridgehead atoms. The van der Waals surface area contributed by atoms with Gasteiger partial charge in [-0.15, -0.1) is 0 Å². The third-order valence-corrected chi connectivity index (χ3v) is 2.13. The van der Waals surface area contributed by atoms with Crippen LogP contribution in [0, 0.1) is 6.92 Å². The second-order valence-corrected chi connectivity index (χ2v) is 4.01. The van der Waals surface area contributed by atoms with E-state index in [1.165, 1.54) is 5.69 Å². The zero-order chi connectivity index (χ0) is 10.0. The largest absolute Gasteiger partial charge is 0.467 e. The monoisotopic (exact) mass is 181 g/mol. The van der Waals surface area contributed by atoms with Gasteiger partial charge >= 0.3 is 0 Å². The van der Waals surface area contributed by atoms with Gasteiger partial charge in [-0.25, -0.2) is 0 Å². The molecule has 0 aromatic carbocycles. The number of rotatable bonds is 3. The van der Waals surface area contributed by atoms with Crippen molar-refractivity contribution in [2.45, 2.75) is 46.7 Å². The van der Waals surface area contributed by atoms with Crippen molar-refractivity contribution >= 4 is 5.69 Å². The summed E-state index contributed by atoms with van der Waals surface area (Å²) in [6.45, 7) is 10.8. The maximum Gasteiger partial charge on any atom is 0.114 e. The van der Waals surface area contributed by atoms with Crippen LogP contribution in [0.4, 0.5) is 5.69 Å². The number of furan rings is 1. The molecule has 0 unspecified atom stereocenters. The third-order valence-electron chi connectivity index (χ3n) is 2.13. The summed E-state index contributed by atoms with van der Waals surface area (Å²) in [5.41, 5.74) is 1.18. The Balaban J connectivity index is 2.88. The molecule has 2 nitrogen and oxygen atoms in total. The first-order valence-corrected chi connectivity index (χ1v) is 4.86. The van der Waals surface area contributed by atoms with Crippen LogP contribution in [0.3, 0.4) is 0 Å². The number of anilines is 1. The van der Waals surface area contributed by atoms with Gasteiger partial charge in [0.2, 0.25) is 0 Å². The van der Waals surface area contributed by atoms with E-state index >= 15 is 0 Å². The first kappa shape index (κ1) is 10.2. The highest BCUT2D eigenvalue weighted by Gasteiger charge is 2.15. The van der Waals surface area contributed by atoms with Gasteiger partial charge in [0, 0.05) is 18.2 Å². The quantitative estimate of drug-likeness (QED) is 0.712. The highest BCUT2D eigenvalue weighted by atomic mass is 16.3. The van der Waals surface area contributed by atoms with Gasteiger partial charge in [-0.05, 0) is 34.6 Å². The predicted octanol–water partition coefficient (Wildman–Crippen LogP) is 3.21. The third kappa shape index (κ3) is 2.27. The molecular formula is C11H19NO. The molecule has 13 heavy (non-hydrogen) atoms. The fourth-order valence-corrected chi connectivity index (χ4v) is 1.76. The standard InChI is InChI=1S/C11H19NO/c1-8(2)12(9(3)4)11-6-10(5)13-7-11/h6-9H,1-5H3. The lowest BCUT2D eigenvalue weighted by Gasteiger charge is -2.31. The average Bonchev–Trinajstić information content (AvgIpc) is 2.34. The van der Waals surface area contributed by atoms with Gasteiger partial charge < -0.3 is 9.32 Å². The topological polar surface area (TPSA) is 16.4 Å². The zero-order valence-electron chi connectivity index (χ0n) is 9.16. The van der Waals surface area contributed by atoms with E-state index in [0.717, 1.165) is 5.76 Å². The molecule has 0 aliphatic carbocycles. The molecule has 0 spiro atoms. The number of nitrogens with zero attached hydrogens (tertiary/aromatic N) is 1. The van der Waals surface area contributed by atoms with Crippen LogP contribution in [0.5, 0.6) is 0 Å². The zero-order valence-corrected chi connectivity index (χ0v) is 9.16. The van der Waals surface area contributed by atoms with Crippen molar-refractivity contribution in [2.75, 3.05) is 4.90 Å². The molecule has 0 N–H and O–H groups in total. The maximum absolute atomic E-state index is 5.30. The highest BCUT2D eigenvalue weighted by Crippen LogP contribution is 2.22. The first-order valence-electron chi connectivity index (χ1n) is 4.86. The van der Waals surface area contributed by atoms with Crippen LogP contribution in [0.15, 0.2) is 16.7 Å². The predicted molar refractivity (Wildman–Crippen MR) is 56.2 cm³/mol. The Morgan fingerprint density at radius 1 is 1.15 bits per heavy atom. The van der Waals surface area contributed by atoms with Crippen molar-refractivity contribution in [3.05, 3.63) is 18.1 Å². The van der Waals surface area contributed by atoms with Crippen LogP contribution in [-0.2, 0) is 0 Å². The van der Waals surface area contributed by atoms with E-state index in [1.54, 1.807) is 0 Å². The Hall–Kier alpha value is -0.920. The van der Waals surface area contributed by atoms with Crippen LogP contribution in [0.2, 0.25) is 0 Å². The smallest absolute Gasteiger partial charge is 0.114 e. The van der Waals surface area contributed by atoms with Crippen molar-refractivity contribution in [3.8, 4) is 0 Å². The second-order valence-electron chi connectivity index (χ2n) is 4.01. The van der Waals surface area contributed by atoms with E-state index in [2.05, 4.69) is 38.7 Å². The fraction of sp³-hybridized carbons (Fsp3) is 0.636. The van der Waals surface area contributed by atoms with E-state index in [0.29, 0.717) is 12.1 Å². The summed E-state index contributed by atoms with van der Waals surface area (Å²) in [5, 5.41) is 0. The van der Waals surface area contributed by atoms with Crippen LogP contribution in [-0.4, -0.2) is 12.1 Å². The maximum atomic E-state index is 5.30. The van der Waals surface area contributed by atoms with E-state index in [4.69, 9.17) is 4.42 Å². The Morgan fingerprint density at radius 3 is 2.00 bits per heavy atom.